The second kappa shape index (κ2) is 7.33. The lowest BCUT2D eigenvalue weighted by Crippen LogP contribution is -2.41. The summed E-state index contributed by atoms with van der Waals surface area (Å²) in [5.74, 6) is 0. The summed E-state index contributed by atoms with van der Waals surface area (Å²) in [7, 11) is 4.44. The van der Waals surface area contributed by atoms with Gasteiger partial charge in [-0.3, -0.25) is 4.90 Å². The molecule has 3 heterocycles. The Kier molecular flexibility index (Phi) is 4.89. The fraction of sp³-hybridized carbons (Fsp3) is 0.409. The largest absolute Gasteiger partial charge is 0.398 e. The molecule has 0 radical (unpaired) electrons. The number of aryl methyl sites for hydroxylation is 1. The number of anilines is 1. The molecular formula is C22H29N5. The second-order valence-electron chi connectivity index (χ2n) is 7.91. The van der Waals surface area contributed by atoms with Gasteiger partial charge in [0.15, 0.2) is 0 Å². The minimum atomic E-state index is 0.610. The Morgan fingerprint density at radius 1 is 1.11 bits per heavy atom. The van der Waals surface area contributed by atoms with E-state index in [1.807, 2.05) is 18.3 Å². The molecule has 0 amide bonds. The summed E-state index contributed by atoms with van der Waals surface area (Å²) in [5, 5.41) is 0. The molecule has 0 bridgehead atoms. The van der Waals surface area contributed by atoms with Crippen LogP contribution in [0.2, 0.25) is 0 Å². The first-order chi connectivity index (χ1) is 13.0. The molecular weight excluding hydrogens is 334 g/mol. The molecule has 4 rings (SSSR count). The van der Waals surface area contributed by atoms with Gasteiger partial charge in [0.05, 0.1) is 11.4 Å². The Labute approximate surface area is 161 Å². The lowest BCUT2D eigenvalue weighted by Gasteiger charge is -2.35. The number of likely N-dealkylation sites (tertiary alicyclic amines) is 1. The highest BCUT2D eigenvalue weighted by molar-refractivity contribution is 5.67. The van der Waals surface area contributed by atoms with Crippen LogP contribution in [0.25, 0.3) is 16.9 Å². The zero-order valence-corrected chi connectivity index (χ0v) is 16.5. The van der Waals surface area contributed by atoms with Gasteiger partial charge in [-0.25, -0.2) is 4.98 Å². The molecule has 0 saturated carbocycles. The standard InChI is InChI=1S/C22H29N5/c1-16-4-6-17(7-5-16)22-20(27-14-18(23)8-9-21(27)24-22)15-26(3)19-10-12-25(2)13-11-19/h4-9,14,19H,10-13,15,23H2,1-3H3. The van der Waals surface area contributed by atoms with Crippen molar-refractivity contribution in [1.82, 2.24) is 19.2 Å². The third-order valence-corrected chi connectivity index (χ3v) is 5.78. The molecule has 1 saturated heterocycles. The average Bonchev–Trinajstić information content (AvgIpc) is 3.00. The minimum absolute atomic E-state index is 0.610. The van der Waals surface area contributed by atoms with Crippen LogP contribution >= 0.6 is 0 Å². The molecule has 0 spiro atoms. The maximum Gasteiger partial charge on any atom is 0.137 e. The first kappa shape index (κ1) is 18.0. The number of fused-ring (bicyclic) bond motifs is 1. The van der Waals surface area contributed by atoms with Gasteiger partial charge in [-0.05, 0) is 59.1 Å². The average molecular weight is 364 g/mol. The number of hydrogen-bond acceptors (Lipinski definition) is 4. The summed E-state index contributed by atoms with van der Waals surface area (Å²) in [6.07, 6.45) is 4.43. The summed E-state index contributed by atoms with van der Waals surface area (Å²) in [6.45, 7) is 5.31. The number of nitrogen functional groups attached to an aromatic ring is 1. The third-order valence-electron chi connectivity index (χ3n) is 5.78. The molecule has 2 N–H and O–H groups in total. The lowest BCUT2D eigenvalue weighted by atomic mass is 10.0. The van der Waals surface area contributed by atoms with E-state index in [0.29, 0.717) is 6.04 Å². The van der Waals surface area contributed by atoms with E-state index in [0.717, 1.165) is 29.1 Å². The van der Waals surface area contributed by atoms with Crippen molar-refractivity contribution in [3.05, 3.63) is 53.9 Å². The van der Waals surface area contributed by atoms with E-state index in [1.165, 1.54) is 37.2 Å². The molecule has 1 aromatic carbocycles. The molecule has 1 aliphatic heterocycles. The Bertz CT molecular complexity index is 920. The molecule has 3 aromatic rings. The van der Waals surface area contributed by atoms with Crippen molar-refractivity contribution in [1.29, 1.82) is 0 Å². The van der Waals surface area contributed by atoms with E-state index in [1.54, 1.807) is 0 Å². The van der Waals surface area contributed by atoms with Crippen molar-refractivity contribution < 1.29 is 0 Å². The molecule has 5 nitrogen and oxygen atoms in total. The number of imidazole rings is 1. The molecule has 2 aromatic heterocycles. The van der Waals surface area contributed by atoms with Crippen molar-refractivity contribution >= 4 is 11.3 Å². The van der Waals surface area contributed by atoms with Crippen molar-refractivity contribution in [2.24, 2.45) is 0 Å². The van der Waals surface area contributed by atoms with Gasteiger partial charge in [0.1, 0.15) is 5.65 Å². The van der Waals surface area contributed by atoms with Crippen LogP contribution < -0.4 is 5.73 Å². The van der Waals surface area contributed by atoms with Crippen LogP contribution in [0.3, 0.4) is 0 Å². The van der Waals surface area contributed by atoms with Crippen LogP contribution in [0.15, 0.2) is 42.6 Å². The van der Waals surface area contributed by atoms with Crippen LogP contribution in [0.4, 0.5) is 5.69 Å². The Morgan fingerprint density at radius 2 is 1.81 bits per heavy atom. The van der Waals surface area contributed by atoms with E-state index < -0.39 is 0 Å². The molecule has 1 fully saturated rings. The molecule has 0 atom stereocenters. The van der Waals surface area contributed by atoms with Crippen molar-refractivity contribution in [3.8, 4) is 11.3 Å². The Morgan fingerprint density at radius 3 is 2.52 bits per heavy atom. The number of piperidine rings is 1. The van der Waals surface area contributed by atoms with Gasteiger partial charge in [0, 0.05) is 30.0 Å². The summed E-state index contributed by atoms with van der Waals surface area (Å²) < 4.78 is 2.16. The van der Waals surface area contributed by atoms with Crippen molar-refractivity contribution in [2.45, 2.75) is 32.4 Å². The fourth-order valence-corrected chi connectivity index (χ4v) is 4.00. The smallest absolute Gasteiger partial charge is 0.137 e. The summed E-state index contributed by atoms with van der Waals surface area (Å²) >= 11 is 0. The lowest BCUT2D eigenvalue weighted by molar-refractivity contribution is 0.138. The zero-order chi connectivity index (χ0) is 19.0. The van der Waals surface area contributed by atoms with Gasteiger partial charge in [0.25, 0.3) is 0 Å². The van der Waals surface area contributed by atoms with E-state index in [2.05, 4.69) is 59.5 Å². The van der Waals surface area contributed by atoms with Crippen LogP contribution in [0.5, 0.6) is 0 Å². The maximum absolute atomic E-state index is 6.08. The molecule has 0 unspecified atom stereocenters. The fourth-order valence-electron chi connectivity index (χ4n) is 4.00. The number of benzene rings is 1. The highest BCUT2D eigenvalue weighted by Gasteiger charge is 2.23. The molecule has 142 valence electrons. The predicted molar refractivity (Wildman–Crippen MR) is 112 cm³/mol. The SMILES string of the molecule is Cc1ccc(-c2nc3ccc(N)cn3c2CN(C)C2CCN(C)CC2)cc1. The van der Waals surface area contributed by atoms with Crippen LogP contribution in [0, 0.1) is 6.92 Å². The van der Waals surface area contributed by atoms with Crippen LogP contribution in [0.1, 0.15) is 24.1 Å². The Hall–Kier alpha value is -2.37. The van der Waals surface area contributed by atoms with Gasteiger partial charge >= 0.3 is 0 Å². The summed E-state index contributed by atoms with van der Waals surface area (Å²) in [4.78, 5) is 9.83. The molecule has 1 aliphatic rings. The zero-order valence-electron chi connectivity index (χ0n) is 16.5. The second-order valence-corrected chi connectivity index (χ2v) is 7.91. The van der Waals surface area contributed by atoms with Gasteiger partial charge < -0.3 is 15.0 Å². The quantitative estimate of drug-likeness (QED) is 0.772. The molecule has 27 heavy (non-hydrogen) atoms. The molecule has 0 aliphatic carbocycles. The highest BCUT2D eigenvalue weighted by Crippen LogP contribution is 2.28. The van der Waals surface area contributed by atoms with Crippen LogP contribution in [-0.4, -0.2) is 52.4 Å². The predicted octanol–water partition coefficient (Wildman–Crippen LogP) is 3.42. The maximum atomic E-state index is 6.08. The number of hydrogen-bond donors (Lipinski definition) is 1. The van der Waals surface area contributed by atoms with Gasteiger partial charge in [-0.2, -0.15) is 0 Å². The first-order valence-corrected chi connectivity index (χ1v) is 9.73. The number of nitrogens with two attached hydrogens (primary N) is 1. The summed E-state index contributed by atoms with van der Waals surface area (Å²) in [6, 6.07) is 13.2. The van der Waals surface area contributed by atoms with E-state index >= 15 is 0 Å². The number of nitrogens with zero attached hydrogens (tertiary/aromatic N) is 4. The monoisotopic (exact) mass is 363 g/mol. The number of pyridine rings is 1. The minimum Gasteiger partial charge on any atom is -0.398 e. The van der Waals surface area contributed by atoms with Crippen LogP contribution in [-0.2, 0) is 6.54 Å². The van der Waals surface area contributed by atoms with Crippen molar-refractivity contribution in [2.75, 3.05) is 32.9 Å². The third kappa shape index (κ3) is 3.70. The first-order valence-electron chi connectivity index (χ1n) is 9.73. The number of rotatable bonds is 4. The highest BCUT2D eigenvalue weighted by atomic mass is 15.2. The number of aromatic nitrogens is 2. The Balaban J connectivity index is 1.71. The van der Waals surface area contributed by atoms with Crippen molar-refractivity contribution in [3.63, 3.8) is 0 Å². The van der Waals surface area contributed by atoms with Gasteiger partial charge in [-0.1, -0.05) is 29.8 Å². The summed E-state index contributed by atoms with van der Waals surface area (Å²) in [5.41, 5.74) is 12.5. The van der Waals surface area contributed by atoms with Gasteiger partial charge in [-0.15, -0.1) is 0 Å². The van der Waals surface area contributed by atoms with E-state index in [4.69, 9.17) is 10.7 Å². The van der Waals surface area contributed by atoms with E-state index in [9.17, 15) is 0 Å². The van der Waals surface area contributed by atoms with E-state index in [-0.39, 0.29) is 0 Å². The normalized spacial score (nSPS) is 16.4. The van der Waals surface area contributed by atoms with Gasteiger partial charge in [0.2, 0.25) is 0 Å². The molecule has 5 heteroatoms. The topological polar surface area (TPSA) is 49.8 Å².